The lowest BCUT2D eigenvalue weighted by Crippen LogP contribution is -2.22. The Morgan fingerprint density at radius 3 is 2.60 bits per heavy atom. The van der Waals surface area contributed by atoms with E-state index in [2.05, 4.69) is 5.10 Å². The highest BCUT2D eigenvalue weighted by Gasteiger charge is 2.30. The van der Waals surface area contributed by atoms with Gasteiger partial charge in [0.05, 0.1) is 4.92 Å². The molecule has 8 heteroatoms. The molecule has 0 spiro atoms. The maximum Gasteiger partial charge on any atom is 0.334 e. The van der Waals surface area contributed by atoms with Crippen LogP contribution in [-0.4, -0.2) is 39.4 Å². The molecule has 1 aromatic rings. The van der Waals surface area contributed by atoms with E-state index in [1.165, 1.54) is 4.68 Å². The molecule has 1 rings (SSSR count). The molecule has 0 fully saturated rings. The Morgan fingerprint density at radius 2 is 2.15 bits per heavy atom. The van der Waals surface area contributed by atoms with Gasteiger partial charge >= 0.3 is 11.7 Å². The molecule has 0 atom stereocenters. The molecule has 1 heterocycles. The average Bonchev–Trinajstić information content (AvgIpc) is 2.66. The van der Waals surface area contributed by atoms with E-state index in [0.29, 0.717) is 24.5 Å². The van der Waals surface area contributed by atoms with Crippen molar-refractivity contribution in [3.63, 3.8) is 0 Å². The number of hydrogen-bond acceptors (Lipinski definition) is 5. The number of anilines is 1. The Hall–Kier alpha value is -2.12. The van der Waals surface area contributed by atoms with E-state index < -0.39 is 10.9 Å². The summed E-state index contributed by atoms with van der Waals surface area (Å²) < 4.78 is 1.48. The molecule has 8 nitrogen and oxygen atoms in total. The van der Waals surface area contributed by atoms with E-state index in [4.69, 9.17) is 5.11 Å². The fourth-order valence-corrected chi connectivity index (χ4v) is 2.09. The molecule has 112 valence electrons. The van der Waals surface area contributed by atoms with Gasteiger partial charge in [-0.3, -0.25) is 14.9 Å². The second-order valence-electron chi connectivity index (χ2n) is 5.01. The van der Waals surface area contributed by atoms with Crippen LogP contribution in [0.1, 0.15) is 38.3 Å². The van der Waals surface area contributed by atoms with Gasteiger partial charge in [-0.2, -0.15) is 5.10 Å². The van der Waals surface area contributed by atoms with E-state index in [1.807, 2.05) is 13.8 Å². The minimum atomic E-state index is -0.874. The first-order chi connectivity index (χ1) is 9.25. The third kappa shape index (κ3) is 3.46. The fourth-order valence-electron chi connectivity index (χ4n) is 2.09. The average molecular weight is 284 g/mol. The molecule has 0 saturated heterocycles. The molecule has 0 bridgehead atoms. The first-order valence-electron chi connectivity index (χ1n) is 6.39. The summed E-state index contributed by atoms with van der Waals surface area (Å²) in [5, 5.41) is 24.1. The van der Waals surface area contributed by atoms with Crippen molar-refractivity contribution in [3.8, 4) is 0 Å². The number of carbonyl (C=O) groups is 1. The highest BCUT2D eigenvalue weighted by atomic mass is 16.6. The van der Waals surface area contributed by atoms with Gasteiger partial charge in [0, 0.05) is 33.0 Å². The second kappa shape index (κ2) is 6.36. The van der Waals surface area contributed by atoms with Crippen LogP contribution >= 0.6 is 0 Å². The molecule has 0 aromatic carbocycles. The minimum Gasteiger partial charge on any atom is -0.481 e. The summed E-state index contributed by atoms with van der Waals surface area (Å²) in [6.45, 7) is 4.12. The topological polar surface area (TPSA) is 102 Å². The van der Waals surface area contributed by atoms with Crippen LogP contribution in [0.4, 0.5) is 11.5 Å². The van der Waals surface area contributed by atoms with Crippen LogP contribution in [0.2, 0.25) is 0 Å². The number of carboxylic acids is 1. The lowest BCUT2D eigenvalue weighted by atomic mass is 10.1. The zero-order chi connectivity index (χ0) is 15.4. The van der Waals surface area contributed by atoms with Crippen LogP contribution in [0.25, 0.3) is 0 Å². The maximum atomic E-state index is 11.3. The van der Waals surface area contributed by atoms with Crippen LogP contribution < -0.4 is 4.90 Å². The van der Waals surface area contributed by atoms with E-state index in [0.717, 1.165) is 0 Å². The number of aliphatic carboxylic acids is 1. The number of nitrogens with zero attached hydrogens (tertiary/aromatic N) is 4. The Balaban J connectivity index is 3.04. The smallest absolute Gasteiger partial charge is 0.334 e. The van der Waals surface area contributed by atoms with Crippen LogP contribution in [0.5, 0.6) is 0 Å². The van der Waals surface area contributed by atoms with Gasteiger partial charge in [0.25, 0.3) is 0 Å². The second-order valence-corrected chi connectivity index (χ2v) is 5.01. The number of aromatic nitrogens is 2. The van der Waals surface area contributed by atoms with Gasteiger partial charge in [0.2, 0.25) is 5.82 Å². The summed E-state index contributed by atoms with van der Waals surface area (Å²) >= 11 is 0. The summed E-state index contributed by atoms with van der Waals surface area (Å²) in [5.74, 6) is -0.521. The first-order valence-corrected chi connectivity index (χ1v) is 6.39. The Morgan fingerprint density at radius 1 is 1.55 bits per heavy atom. The van der Waals surface area contributed by atoms with Crippen molar-refractivity contribution < 1.29 is 14.8 Å². The zero-order valence-electron chi connectivity index (χ0n) is 12.2. The predicted molar refractivity (Wildman–Crippen MR) is 74.1 cm³/mol. The van der Waals surface area contributed by atoms with Crippen molar-refractivity contribution in [1.82, 2.24) is 9.78 Å². The number of nitro groups is 1. The fraction of sp³-hybridized carbons (Fsp3) is 0.667. The number of carboxylic acid groups (broad SMARTS) is 1. The van der Waals surface area contributed by atoms with Crippen molar-refractivity contribution in [2.45, 2.75) is 32.6 Å². The van der Waals surface area contributed by atoms with Gasteiger partial charge in [-0.15, -0.1) is 0 Å². The van der Waals surface area contributed by atoms with E-state index in [9.17, 15) is 14.9 Å². The van der Waals surface area contributed by atoms with E-state index in [1.54, 1.807) is 19.0 Å². The molecule has 0 aliphatic heterocycles. The van der Waals surface area contributed by atoms with Crippen molar-refractivity contribution >= 4 is 17.5 Å². The first kappa shape index (κ1) is 15.9. The van der Waals surface area contributed by atoms with Crippen LogP contribution in [0.15, 0.2) is 0 Å². The molecule has 20 heavy (non-hydrogen) atoms. The van der Waals surface area contributed by atoms with Crippen molar-refractivity contribution in [1.29, 1.82) is 0 Å². The zero-order valence-corrected chi connectivity index (χ0v) is 12.2. The maximum absolute atomic E-state index is 11.3. The third-order valence-electron chi connectivity index (χ3n) is 2.99. The van der Waals surface area contributed by atoms with Gasteiger partial charge in [-0.25, -0.2) is 4.68 Å². The van der Waals surface area contributed by atoms with Gasteiger partial charge in [-0.1, -0.05) is 13.8 Å². The summed E-state index contributed by atoms with van der Waals surface area (Å²) in [6, 6.07) is 0. The van der Waals surface area contributed by atoms with E-state index >= 15 is 0 Å². The largest absolute Gasteiger partial charge is 0.481 e. The molecule has 0 saturated carbocycles. The molecule has 0 unspecified atom stereocenters. The Kier molecular flexibility index (Phi) is 5.06. The van der Waals surface area contributed by atoms with Crippen molar-refractivity contribution in [2.24, 2.45) is 7.05 Å². The lowest BCUT2D eigenvalue weighted by molar-refractivity contribution is -0.385. The number of aryl methyl sites for hydroxylation is 1. The highest BCUT2D eigenvalue weighted by molar-refractivity contribution is 5.67. The molecule has 1 N–H and O–H groups in total. The van der Waals surface area contributed by atoms with E-state index in [-0.39, 0.29) is 18.0 Å². The summed E-state index contributed by atoms with van der Waals surface area (Å²) in [5.41, 5.74) is 0.443. The normalized spacial score (nSPS) is 10.8. The van der Waals surface area contributed by atoms with Crippen LogP contribution in [0.3, 0.4) is 0 Å². The van der Waals surface area contributed by atoms with Crippen molar-refractivity contribution in [3.05, 3.63) is 15.8 Å². The lowest BCUT2D eigenvalue weighted by Gasteiger charge is -2.17. The standard InChI is InChI=1S/C12H20N4O4/c1-8(2)10-11(16(19)20)12(15(4)13-10)14(3)7-5-6-9(17)18/h8H,5-7H2,1-4H3,(H,17,18). The minimum absolute atomic E-state index is 0.000301. The number of rotatable bonds is 7. The Labute approximate surface area is 117 Å². The summed E-state index contributed by atoms with van der Waals surface area (Å²) in [7, 11) is 3.36. The SMILES string of the molecule is CC(C)c1nn(C)c(N(C)CCCC(=O)O)c1[N+](=O)[O-]. The van der Waals surface area contributed by atoms with Gasteiger partial charge in [-0.05, 0) is 6.42 Å². The third-order valence-corrected chi connectivity index (χ3v) is 2.99. The highest BCUT2D eigenvalue weighted by Crippen LogP contribution is 2.34. The molecule has 0 aliphatic carbocycles. The van der Waals surface area contributed by atoms with Crippen LogP contribution in [0, 0.1) is 10.1 Å². The molecule has 0 aliphatic rings. The van der Waals surface area contributed by atoms with Crippen LogP contribution in [-0.2, 0) is 11.8 Å². The van der Waals surface area contributed by atoms with Crippen molar-refractivity contribution in [2.75, 3.05) is 18.5 Å². The Bertz CT molecular complexity index is 510. The number of hydrogen-bond donors (Lipinski definition) is 1. The van der Waals surface area contributed by atoms with Gasteiger partial charge in [0.1, 0.15) is 5.69 Å². The quantitative estimate of drug-likeness (QED) is 0.604. The van der Waals surface area contributed by atoms with Gasteiger partial charge in [0.15, 0.2) is 0 Å². The molecule has 1 aromatic heterocycles. The predicted octanol–water partition coefficient (Wildman–Crippen LogP) is 1.75. The van der Waals surface area contributed by atoms with Gasteiger partial charge < -0.3 is 10.0 Å². The molecular formula is C12H20N4O4. The monoisotopic (exact) mass is 284 g/mol. The molecule has 0 amide bonds. The molecular weight excluding hydrogens is 264 g/mol. The molecule has 0 radical (unpaired) electrons. The summed E-state index contributed by atoms with van der Waals surface area (Å²) in [6.07, 6.45) is 0.457. The summed E-state index contributed by atoms with van der Waals surface area (Å²) in [4.78, 5) is 23.0.